The monoisotopic (exact) mass is 553 g/mol. The second kappa shape index (κ2) is 12.3. The van der Waals surface area contributed by atoms with Crippen LogP contribution in [-0.4, -0.2) is 34.2 Å². The van der Waals surface area contributed by atoms with Crippen molar-refractivity contribution >= 4 is 41.0 Å². The number of carbonyl (C=O) groups is 1. The lowest BCUT2D eigenvalue weighted by atomic mass is 9.94. The highest BCUT2D eigenvalue weighted by Crippen LogP contribution is 2.40. The van der Waals surface area contributed by atoms with Crippen molar-refractivity contribution in [3.8, 4) is 22.1 Å². The quantitative estimate of drug-likeness (QED) is 0.262. The first-order chi connectivity index (χ1) is 18.0. The summed E-state index contributed by atoms with van der Waals surface area (Å²) in [6, 6.07) is 11.8. The second-order valence-corrected chi connectivity index (χ2v) is 9.96. The number of aromatic nitrogens is 3. The van der Waals surface area contributed by atoms with Crippen LogP contribution in [0.3, 0.4) is 0 Å². The Kier molecular flexibility index (Phi) is 8.91. The molecule has 0 saturated carbocycles. The van der Waals surface area contributed by atoms with Gasteiger partial charge in [-0.3, -0.25) is 4.79 Å². The third-order valence-corrected chi connectivity index (χ3v) is 7.56. The van der Waals surface area contributed by atoms with Gasteiger partial charge in [0.15, 0.2) is 11.6 Å². The fourth-order valence-corrected chi connectivity index (χ4v) is 5.45. The van der Waals surface area contributed by atoms with E-state index < -0.39 is 5.82 Å². The van der Waals surface area contributed by atoms with E-state index in [1.165, 1.54) is 23.8 Å². The Hall–Kier alpha value is -3.56. The highest BCUT2D eigenvalue weighted by molar-refractivity contribution is 7.13. The van der Waals surface area contributed by atoms with E-state index in [0.29, 0.717) is 28.1 Å². The number of ether oxygens (including phenoxy) is 1. The lowest BCUT2D eigenvalue weighted by molar-refractivity contribution is 0.102. The minimum Gasteiger partial charge on any atom is -0.454 e. The maximum Gasteiger partial charge on any atom is 0.275 e. The Labute approximate surface area is 231 Å². The van der Waals surface area contributed by atoms with Crippen LogP contribution in [-0.2, 0) is 0 Å². The summed E-state index contributed by atoms with van der Waals surface area (Å²) in [6.45, 7) is 5.92. The van der Waals surface area contributed by atoms with Gasteiger partial charge in [-0.2, -0.15) is 10.2 Å². The van der Waals surface area contributed by atoms with Crippen LogP contribution in [0.5, 0.6) is 11.5 Å². The Morgan fingerprint density at radius 2 is 2.03 bits per heavy atom. The molecule has 0 bridgehead atoms. The number of hydrogen-bond donors (Lipinski definition) is 1. The molecule has 1 aliphatic rings. The van der Waals surface area contributed by atoms with Gasteiger partial charge in [0.05, 0.1) is 23.8 Å². The van der Waals surface area contributed by atoms with Gasteiger partial charge in [-0.25, -0.2) is 9.37 Å². The molecular formula is C28H29ClFN5O2S. The maximum absolute atomic E-state index is 14.3. The van der Waals surface area contributed by atoms with Crippen molar-refractivity contribution < 1.29 is 13.9 Å². The highest BCUT2D eigenvalue weighted by atomic mass is 35.5. The average molecular weight is 554 g/mol. The lowest BCUT2D eigenvalue weighted by Gasteiger charge is -2.36. The number of thiazole rings is 1. The van der Waals surface area contributed by atoms with Crippen molar-refractivity contribution in [2.75, 3.05) is 23.3 Å². The molecule has 2 aromatic carbocycles. The average Bonchev–Trinajstić information content (AvgIpc) is 3.43. The van der Waals surface area contributed by atoms with Crippen LogP contribution in [0.4, 0.5) is 15.8 Å². The number of para-hydroxylation sites is 1. The molecule has 1 fully saturated rings. The van der Waals surface area contributed by atoms with E-state index in [9.17, 15) is 9.18 Å². The summed E-state index contributed by atoms with van der Waals surface area (Å²) in [6.07, 6.45) is 6.56. The van der Waals surface area contributed by atoms with Crippen molar-refractivity contribution in [2.24, 2.45) is 5.92 Å². The van der Waals surface area contributed by atoms with Crippen LogP contribution in [0.2, 0.25) is 0 Å². The molecular weight excluding hydrogens is 525 g/mol. The molecule has 198 valence electrons. The van der Waals surface area contributed by atoms with Gasteiger partial charge in [0.25, 0.3) is 5.91 Å². The molecule has 4 aromatic rings. The zero-order chi connectivity index (χ0) is 25.8. The van der Waals surface area contributed by atoms with E-state index in [4.69, 9.17) is 4.74 Å². The van der Waals surface area contributed by atoms with Crippen molar-refractivity contribution in [1.82, 2.24) is 15.2 Å². The summed E-state index contributed by atoms with van der Waals surface area (Å²) in [7, 11) is 0. The summed E-state index contributed by atoms with van der Waals surface area (Å²) in [5.74, 6) is 0.574. The molecule has 1 amide bonds. The number of benzene rings is 2. The third-order valence-electron chi connectivity index (χ3n) is 6.67. The largest absolute Gasteiger partial charge is 0.454 e. The zero-order valence-corrected chi connectivity index (χ0v) is 22.8. The molecule has 38 heavy (non-hydrogen) atoms. The van der Waals surface area contributed by atoms with Gasteiger partial charge in [-0.05, 0) is 56.0 Å². The van der Waals surface area contributed by atoms with Crippen molar-refractivity contribution in [3.63, 3.8) is 0 Å². The topological polar surface area (TPSA) is 80.2 Å². The van der Waals surface area contributed by atoms with Gasteiger partial charge in [-0.15, -0.1) is 23.7 Å². The predicted octanol–water partition coefficient (Wildman–Crippen LogP) is 7.14. The van der Waals surface area contributed by atoms with E-state index >= 15 is 0 Å². The van der Waals surface area contributed by atoms with Crippen LogP contribution in [0.15, 0.2) is 60.2 Å². The minimum absolute atomic E-state index is 0. The smallest absolute Gasteiger partial charge is 0.275 e. The Morgan fingerprint density at radius 1 is 1.18 bits per heavy atom. The molecule has 0 aliphatic carbocycles. The summed E-state index contributed by atoms with van der Waals surface area (Å²) in [4.78, 5) is 20.1. The first-order valence-electron chi connectivity index (χ1n) is 12.4. The van der Waals surface area contributed by atoms with Gasteiger partial charge >= 0.3 is 0 Å². The van der Waals surface area contributed by atoms with Gasteiger partial charge < -0.3 is 15.0 Å². The van der Waals surface area contributed by atoms with E-state index in [2.05, 4.69) is 32.3 Å². The molecule has 1 N–H and O–H groups in total. The maximum atomic E-state index is 14.3. The van der Waals surface area contributed by atoms with E-state index in [0.717, 1.165) is 42.7 Å². The number of nitrogens with zero attached hydrogens (tertiary/aromatic N) is 4. The first kappa shape index (κ1) is 27.5. The molecule has 1 saturated heterocycles. The molecule has 7 nitrogen and oxygen atoms in total. The number of nitrogens with one attached hydrogen (secondary N) is 1. The predicted molar refractivity (Wildman–Crippen MR) is 151 cm³/mol. The van der Waals surface area contributed by atoms with Crippen LogP contribution >= 0.6 is 23.7 Å². The number of rotatable bonds is 7. The summed E-state index contributed by atoms with van der Waals surface area (Å²) in [5, 5.41) is 13.2. The fraction of sp³-hybridized carbons (Fsp3) is 0.286. The summed E-state index contributed by atoms with van der Waals surface area (Å²) in [5.41, 5.74) is 3.57. The van der Waals surface area contributed by atoms with Gasteiger partial charge in [-0.1, -0.05) is 25.5 Å². The molecule has 1 aliphatic heterocycles. The molecule has 0 unspecified atom stereocenters. The molecule has 1 atom stereocenters. The van der Waals surface area contributed by atoms with Gasteiger partial charge in [0.1, 0.15) is 16.5 Å². The molecule has 10 heteroatoms. The first-order valence-corrected chi connectivity index (χ1v) is 13.3. The van der Waals surface area contributed by atoms with Crippen molar-refractivity contribution in [1.29, 1.82) is 0 Å². The van der Waals surface area contributed by atoms with E-state index in [-0.39, 0.29) is 24.1 Å². The van der Waals surface area contributed by atoms with Gasteiger partial charge in [0.2, 0.25) is 0 Å². The second-order valence-electron chi connectivity index (χ2n) is 9.10. The van der Waals surface area contributed by atoms with E-state index in [1.807, 2.05) is 19.1 Å². The standard InChI is InChI=1S/C28H28FN5O2S.ClH/c1-3-19-7-6-14-34(16-19)26-18(2)24(36-25-9-5-4-8-21(25)29)11-10-22(26)32-27(35)23-17-37-28(33-23)20-12-13-30-31-15-20;/h4-5,8-13,15,17,19H,3,6-7,14,16H2,1-2H3,(H,32,35);1H/t19-;/m1./s1. The number of carbonyl (C=O) groups excluding carboxylic acids is 1. The van der Waals surface area contributed by atoms with Gasteiger partial charge in [0, 0.05) is 29.6 Å². The Morgan fingerprint density at radius 3 is 2.79 bits per heavy atom. The van der Waals surface area contributed by atoms with Crippen LogP contribution in [0, 0.1) is 18.7 Å². The molecule has 5 rings (SSSR count). The SMILES string of the molecule is CC[C@@H]1CCCN(c2c(NC(=O)c3csc(-c4ccnnc4)n3)ccc(Oc3ccccc3F)c2C)C1.Cl. The number of hydrogen-bond acceptors (Lipinski definition) is 7. The van der Waals surface area contributed by atoms with E-state index in [1.54, 1.807) is 42.0 Å². The van der Waals surface area contributed by atoms with Crippen LogP contribution < -0.4 is 15.0 Å². The Balaban J connectivity index is 0.00000336. The van der Waals surface area contributed by atoms with Crippen molar-refractivity contribution in [2.45, 2.75) is 33.1 Å². The van der Waals surface area contributed by atoms with Crippen LogP contribution in [0.1, 0.15) is 42.2 Å². The normalized spacial score (nSPS) is 15.0. The fourth-order valence-electron chi connectivity index (χ4n) is 4.66. The van der Waals surface area contributed by atoms with Crippen molar-refractivity contribution in [3.05, 3.63) is 77.3 Å². The zero-order valence-electron chi connectivity index (χ0n) is 21.2. The number of piperidine rings is 1. The highest BCUT2D eigenvalue weighted by Gasteiger charge is 2.25. The number of anilines is 2. The summed E-state index contributed by atoms with van der Waals surface area (Å²) < 4.78 is 20.3. The Bertz CT molecular complexity index is 1400. The summed E-state index contributed by atoms with van der Waals surface area (Å²) >= 11 is 1.38. The minimum atomic E-state index is -0.423. The number of amides is 1. The lowest BCUT2D eigenvalue weighted by Crippen LogP contribution is -2.36. The number of halogens is 2. The van der Waals surface area contributed by atoms with Crippen LogP contribution in [0.25, 0.3) is 10.6 Å². The molecule has 2 aromatic heterocycles. The molecule has 0 radical (unpaired) electrons. The molecule has 3 heterocycles. The third kappa shape index (κ3) is 5.95. The molecule has 0 spiro atoms.